The first-order chi connectivity index (χ1) is 16.7. The third-order valence-corrected chi connectivity index (χ3v) is 6.92. The fraction of sp³-hybridized carbons (Fsp3) is 0.536. The summed E-state index contributed by atoms with van der Waals surface area (Å²) in [5, 5.41) is 0. The molecule has 1 aromatic heterocycles. The smallest absolute Gasteiger partial charge is 0.254 e. The molecular weight excluding hydrogens is 440 g/mol. The molecule has 3 heterocycles. The van der Waals surface area contributed by atoms with E-state index >= 15 is 0 Å². The van der Waals surface area contributed by atoms with Gasteiger partial charge in [0.15, 0.2) is 0 Å². The Labute approximate surface area is 208 Å². The van der Waals surface area contributed by atoms with E-state index in [1.165, 1.54) is 0 Å². The Kier molecular flexibility index (Phi) is 7.75. The van der Waals surface area contributed by atoms with Crippen LogP contribution in [0.4, 0.5) is 0 Å². The van der Waals surface area contributed by atoms with E-state index in [1.807, 2.05) is 30.5 Å². The molecule has 2 aliphatic rings. The normalized spacial score (nSPS) is 19.6. The van der Waals surface area contributed by atoms with Gasteiger partial charge in [-0.3, -0.25) is 9.59 Å². The van der Waals surface area contributed by atoms with E-state index in [9.17, 15) is 9.59 Å². The van der Waals surface area contributed by atoms with E-state index in [1.54, 1.807) is 17.0 Å². The number of piperidine rings is 1. The number of likely N-dealkylation sites (tertiary alicyclic amines) is 2. The van der Waals surface area contributed by atoms with Crippen LogP contribution in [-0.4, -0.2) is 65.4 Å². The van der Waals surface area contributed by atoms with Crippen molar-refractivity contribution in [2.75, 3.05) is 32.8 Å². The molecule has 0 spiro atoms. The van der Waals surface area contributed by atoms with Crippen LogP contribution in [0.2, 0.25) is 0 Å². The molecule has 2 amide bonds. The van der Waals surface area contributed by atoms with Crippen molar-refractivity contribution in [1.82, 2.24) is 14.8 Å². The van der Waals surface area contributed by atoms with Gasteiger partial charge in [-0.2, -0.15) is 0 Å². The van der Waals surface area contributed by atoms with Gasteiger partial charge >= 0.3 is 0 Å². The molecule has 35 heavy (non-hydrogen) atoms. The van der Waals surface area contributed by atoms with Crippen molar-refractivity contribution in [1.29, 1.82) is 0 Å². The molecule has 7 heteroatoms. The van der Waals surface area contributed by atoms with E-state index in [-0.39, 0.29) is 5.91 Å². The highest BCUT2D eigenvalue weighted by molar-refractivity contribution is 5.98. The lowest BCUT2D eigenvalue weighted by molar-refractivity contribution is -0.121. The van der Waals surface area contributed by atoms with Gasteiger partial charge in [-0.25, -0.2) is 4.98 Å². The van der Waals surface area contributed by atoms with Crippen LogP contribution in [0.5, 0.6) is 5.88 Å². The molecule has 2 aromatic rings. The number of ether oxygens (including phenoxy) is 1. The van der Waals surface area contributed by atoms with Gasteiger partial charge in [-0.05, 0) is 73.9 Å². The van der Waals surface area contributed by atoms with Crippen molar-refractivity contribution in [3.63, 3.8) is 0 Å². The van der Waals surface area contributed by atoms with Gasteiger partial charge in [-0.15, -0.1) is 0 Å². The van der Waals surface area contributed by atoms with Gasteiger partial charge in [0.05, 0.1) is 6.61 Å². The van der Waals surface area contributed by atoms with Gasteiger partial charge in [0, 0.05) is 36.5 Å². The van der Waals surface area contributed by atoms with Crippen LogP contribution in [0.15, 0.2) is 42.6 Å². The van der Waals surface area contributed by atoms with Crippen molar-refractivity contribution >= 4 is 11.8 Å². The Hall–Kier alpha value is -2.93. The fourth-order valence-electron chi connectivity index (χ4n) is 5.10. The maximum Gasteiger partial charge on any atom is 0.254 e. The molecule has 2 fully saturated rings. The van der Waals surface area contributed by atoms with Crippen molar-refractivity contribution in [2.24, 2.45) is 17.1 Å². The molecule has 0 aliphatic carbocycles. The molecule has 1 aromatic carbocycles. The number of carbonyl (C=O) groups excluding carboxylic acids is 2. The van der Waals surface area contributed by atoms with Gasteiger partial charge in [0.1, 0.15) is 6.04 Å². The van der Waals surface area contributed by atoms with Crippen molar-refractivity contribution in [3.8, 4) is 17.0 Å². The second-order valence-electron chi connectivity index (χ2n) is 11.1. The summed E-state index contributed by atoms with van der Waals surface area (Å²) in [6.45, 7) is 11.6. The molecular formula is C28H38N4O3. The lowest BCUT2D eigenvalue weighted by atomic mass is 9.92. The Morgan fingerprint density at radius 2 is 1.69 bits per heavy atom. The topological polar surface area (TPSA) is 88.8 Å². The minimum atomic E-state index is -0.505. The number of hydrogen-bond acceptors (Lipinski definition) is 5. The van der Waals surface area contributed by atoms with Crippen LogP contribution in [0.25, 0.3) is 11.1 Å². The summed E-state index contributed by atoms with van der Waals surface area (Å²) in [7, 11) is 0. The predicted octanol–water partition coefficient (Wildman–Crippen LogP) is 3.98. The van der Waals surface area contributed by atoms with Crippen LogP contribution in [0.3, 0.4) is 0 Å². The maximum absolute atomic E-state index is 12.8. The Morgan fingerprint density at radius 1 is 1.00 bits per heavy atom. The summed E-state index contributed by atoms with van der Waals surface area (Å²) in [5.41, 5.74) is 8.29. The summed E-state index contributed by atoms with van der Waals surface area (Å²) in [4.78, 5) is 33.1. The summed E-state index contributed by atoms with van der Waals surface area (Å²) in [5.74, 6) is 0.627. The first-order valence-corrected chi connectivity index (χ1v) is 12.7. The third kappa shape index (κ3) is 6.60. The van der Waals surface area contributed by atoms with Crippen molar-refractivity contribution < 1.29 is 14.3 Å². The van der Waals surface area contributed by atoms with Crippen LogP contribution < -0.4 is 10.5 Å². The number of nitrogens with zero attached hydrogens (tertiary/aromatic N) is 3. The Morgan fingerprint density at radius 3 is 2.29 bits per heavy atom. The minimum absolute atomic E-state index is 0.149. The predicted molar refractivity (Wildman–Crippen MR) is 137 cm³/mol. The highest BCUT2D eigenvalue weighted by atomic mass is 16.5. The van der Waals surface area contributed by atoms with Gasteiger partial charge in [0.25, 0.3) is 5.91 Å². The fourth-order valence-corrected chi connectivity index (χ4v) is 5.10. The molecule has 1 atom stereocenters. The summed E-state index contributed by atoms with van der Waals surface area (Å²) in [6.07, 6.45) is 5.57. The van der Waals surface area contributed by atoms with Gasteiger partial charge < -0.3 is 20.3 Å². The molecule has 188 valence electrons. The number of pyridine rings is 1. The average molecular weight is 479 g/mol. The zero-order valence-corrected chi connectivity index (χ0v) is 21.2. The molecule has 2 saturated heterocycles. The second-order valence-corrected chi connectivity index (χ2v) is 11.1. The number of rotatable bonds is 7. The van der Waals surface area contributed by atoms with E-state index < -0.39 is 11.9 Å². The highest BCUT2D eigenvalue weighted by Gasteiger charge is 2.33. The number of aromatic nitrogens is 1. The van der Waals surface area contributed by atoms with E-state index in [0.29, 0.717) is 42.3 Å². The third-order valence-electron chi connectivity index (χ3n) is 6.92. The SMILES string of the molecule is CC(C)(C)CN1CCC(COc2ccc(-c3ccc(C(=O)N4CCC[C@H]4C(N)=O)cc3)cn2)CC1. The highest BCUT2D eigenvalue weighted by Crippen LogP contribution is 2.25. The first kappa shape index (κ1) is 25.2. The molecule has 0 bridgehead atoms. The van der Waals surface area contributed by atoms with Crippen LogP contribution in [0.1, 0.15) is 56.8 Å². The average Bonchev–Trinajstić information content (AvgIpc) is 3.33. The number of carbonyl (C=O) groups is 2. The second kappa shape index (κ2) is 10.8. The molecule has 0 saturated carbocycles. The summed E-state index contributed by atoms with van der Waals surface area (Å²) in [6, 6.07) is 10.8. The molecule has 2 N–H and O–H groups in total. The standard InChI is InChI=1S/C28H38N4O3/c1-28(2,3)19-31-15-12-20(13-16-31)18-35-25-11-10-23(17-30-25)21-6-8-22(9-7-21)27(34)32-14-4-5-24(32)26(29)33/h6-11,17,20,24H,4-5,12-16,18-19H2,1-3H3,(H2,29,33)/t24-/m0/s1. The zero-order valence-electron chi connectivity index (χ0n) is 21.2. The van der Waals surface area contributed by atoms with E-state index in [0.717, 1.165) is 50.0 Å². The lowest BCUT2D eigenvalue weighted by Gasteiger charge is -2.35. The molecule has 7 nitrogen and oxygen atoms in total. The molecule has 0 unspecified atom stereocenters. The Balaban J connectivity index is 1.28. The largest absolute Gasteiger partial charge is 0.477 e. The van der Waals surface area contributed by atoms with E-state index in [4.69, 9.17) is 10.5 Å². The number of nitrogens with two attached hydrogens (primary N) is 1. The minimum Gasteiger partial charge on any atom is -0.477 e. The Bertz CT molecular complexity index is 1010. The molecule has 0 radical (unpaired) electrons. The summed E-state index contributed by atoms with van der Waals surface area (Å²) >= 11 is 0. The van der Waals surface area contributed by atoms with Crippen LogP contribution >= 0.6 is 0 Å². The number of primary amides is 1. The number of benzene rings is 1. The van der Waals surface area contributed by atoms with Crippen molar-refractivity contribution in [2.45, 2.75) is 52.5 Å². The van der Waals surface area contributed by atoms with Gasteiger partial charge in [0.2, 0.25) is 11.8 Å². The summed E-state index contributed by atoms with van der Waals surface area (Å²) < 4.78 is 5.99. The lowest BCUT2D eigenvalue weighted by Crippen LogP contribution is -2.43. The maximum atomic E-state index is 12.8. The zero-order chi connectivity index (χ0) is 25.0. The molecule has 2 aliphatic heterocycles. The monoisotopic (exact) mass is 478 g/mol. The quantitative estimate of drug-likeness (QED) is 0.650. The van der Waals surface area contributed by atoms with Crippen LogP contribution in [-0.2, 0) is 4.79 Å². The molecule has 4 rings (SSSR count). The first-order valence-electron chi connectivity index (χ1n) is 12.7. The van der Waals surface area contributed by atoms with E-state index in [2.05, 4.69) is 30.7 Å². The van der Waals surface area contributed by atoms with Crippen LogP contribution in [0, 0.1) is 11.3 Å². The number of amides is 2. The number of hydrogen-bond donors (Lipinski definition) is 1. The van der Waals surface area contributed by atoms with Crippen molar-refractivity contribution in [3.05, 3.63) is 48.2 Å². The van der Waals surface area contributed by atoms with Gasteiger partial charge in [-0.1, -0.05) is 32.9 Å².